The minimum absolute atomic E-state index is 0.0907. The number of halogens is 1. The molecule has 0 atom stereocenters. The number of nitrogens with two attached hydrogens (primary N) is 1. The zero-order valence-electron chi connectivity index (χ0n) is 11.1. The minimum atomic E-state index is -3.79. The van der Waals surface area contributed by atoms with Gasteiger partial charge in [-0.3, -0.25) is 4.68 Å². The summed E-state index contributed by atoms with van der Waals surface area (Å²) >= 11 is 0. The van der Waals surface area contributed by atoms with E-state index in [4.69, 9.17) is 5.73 Å². The van der Waals surface area contributed by atoms with Gasteiger partial charge in [-0.15, -0.1) is 0 Å². The van der Waals surface area contributed by atoms with E-state index in [1.54, 1.807) is 24.9 Å². The molecule has 0 fully saturated rings. The second-order valence-electron chi connectivity index (χ2n) is 4.42. The lowest BCUT2D eigenvalue weighted by Gasteiger charge is -2.07. The number of nitrogen functional groups attached to an aromatic ring is 1. The fourth-order valence-electron chi connectivity index (χ4n) is 1.75. The molecule has 2 aromatic rings. The molecular weight excluding hydrogens is 283 g/mol. The summed E-state index contributed by atoms with van der Waals surface area (Å²) in [5.74, 6) is -0.759. The quantitative estimate of drug-likeness (QED) is 0.822. The van der Waals surface area contributed by atoms with Crippen LogP contribution in [0.3, 0.4) is 0 Å². The van der Waals surface area contributed by atoms with Crippen molar-refractivity contribution in [3.05, 3.63) is 41.5 Å². The van der Waals surface area contributed by atoms with Crippen LogP contribution in [0.2, 0.25) is 0 Å². The maximum Gasteiger partial charge on any atom is 0.240 e. The van der Waals surface area contributed by atoms with Gasteiger partial charge in [-0.05, 0) is 25.1 Å². The monoisotopic (exact) mass is 298 g/mol. The fraction of sp³-hybridized carbons (Fsp3) is 0.250. The van der Waals surface area contributed by atoms with Gasteiger partial charge in [-0.2, -0.15) is 5.10 Å². The highest BCUT2D eigenvalue weighted by Crippen LogP contribution is 2.16. The molecule has 0 saturated heterocycles. The number of aromatic nitrogens is 2. The predicted molar refractivity (Wildman–Crippen MR) is 72.8 cm³/mol. The Morgan fingerprint density at radius 1 is 1.45 bits per heavy atom. The van der Waals surface area contributed by atoms with Crippen molar-refractivity contribution in [3.63, 3.8) is 0 Å². The molecule has 0 unspecified atom stereocenters. The number of aryl methyl sites for hydroxylation is 2. The summed E-state index contributed by atoms with van der Waals surface area (Å²) < 4.78 is 41.4. The Hall–Kier alpha value is -1.93. The number of sulfonamides is 1. The normalized spacial score (nSPS) is 11.8. The van der Waals surface area contributed by atoms with Gasteiger partial charge in [-0.25, -0.2) is 17.5 Å². The maximum atomic E-state index is 13.3. The molecule has 2 rings (SSSR count). The van der Waals surface area contributed by atoms with Gasteiger partial charge < -0.3 is 5.73 Å². The van der Waals surface area contributed by atoms with Gasteiger partial charge in [0, 0.05) is 25.4 Å². The summed E-state index contributed by atoms with van der Waals surface area (Å²) in [5.41, 5.74) is 6.72. The van der Waals surface area contributed by atoms with Crippen molar-refractivity contribution in [1.82, 2.24) is 14.5 Å². The van der Waals surface area contributed by atoms with Crippen LogP contribution in [-0.4, -0.2) is 18.2 Å². The van der Waals surface area contributed by atoms with Gasteiger partial charge in [0.05, 0.1) is 16.3 Å². The topological polar surface area (TPSA) is 90.0 Å². The first-order chi connectivity index (χ1) is 9.29. The van der Waals surface area contributed by atoms with Crippen molar-refractivity contribution in [3.8, 4) is 0 Å². The average Bonchev–Trinajstić information content (AvgIpc) is 2.69. The van der Waals surface area contributed by atoms with Crippen molar-refractivity contribution in [1.29, 1.82) is 0 Å². The van der Waals surface area contributed by atoms with Crippen LogP contribution in [0.5, 0.6) is 0 Å². The number of nitrogens with one attached hydrogen (secondary N) is 1. The van der Waals surface area contributed by atoms with Gasteiger partial charge in [0.2, 0.25) is 10.0 Å². The first-order valence-corrected chi connectivity index (χ1v) is 7.32. The SMILES string of the molecule is Cc1nn(C)cc1CNS(=O)(=O)c1ccc(N)c(F)c1. The van der Waals surface area contributed by atoms with Gasteiger partial charge in [0.25, 0.3) is 0 Å². The average molecular weight is 298 g/mol. The Kier molecular flexibility index (Phi) is 3.78. The van der Waals surface area contributed by atoms with Gasteiger partial charge in [0.15, 0.2) is 0 Å². The maximum absolute atomic E-state index is 13.3. The Morgan fingerprint density at radius 3 is 2.70 bits per heavy atom. The number of benzene rings is 1. The standard InChI is InChI=1S/C12H15FN4O2S/c1-8-9(7-17(2)16-8)6-15-20(18,19)10-3-4-12(14)11(13)5-10/h3-5,7,15H,6,14H2,1-2H3. The Balaban J connectivity index is 2.19. The largest absolute Gasteiger partial charge is 0.396 e. The molecule has 108 valence electrons. The highest BCUT2D eigenvalue weighted by molar-refractivity contribution is 7.89. The molecule has 0 saturated carbocycles. The third-order valence-electron chi connectivity index (χ3n) is 2.85. The summed E-state index contributed by atoms with van der Waals surface area (Å²) in [7, 11) is -2.04. The molecule has 1 aromatic heterocycles. The summed E-state index contributed by atoms with van der Waals surface area (Å²) in [6.45, 7) is 1.88. The molecule has 0 amide bonds. The second-order valence-corrected chi connectivity index (χ2v) is 6.19. The van der Waals surface area contributed by atoms with Crippen LogP contribution in [0.4, 0.5) is 10.1 Å². The molecule has 8 heteroatoms. The molecule has 0 aliphatic heterocycles. The van der Waals surface area contributed by atoms with Crippen molar-refractivity contribution in [2.45, 2.75) is 18.4 Å². The molecule has 1 aromatic carbocycles. The third kappa shape index (κ3) is 2.97. The van der Waals surface area contributed by atoms with E-state index < -0.39 is 15.8 Å². The lowest BCUT2D eigenvalue weighted by Crippen LogP contribution is -2.23. The number of rotatable bonds is 4. The second kappa shape index (κ2) is 5.22. The summed E-state index contributed by atoms with van der Waals surface area (Å²) in [4.78, 5) is -0.161. The van der Waals surface area contributed by atoms with Crippen LogP contribution >= 0.6 is 0 Å². The highest BCUT2D eigenvalue weighted by atomic mass is 32.2. The van der Waals surface area contributed by atoms with Crippen LogP contribution in [-0.2, 0) is 23.6 Å². The Bertz CT molecular complexity index is 740. The van der Waals surface area contributed by atoms with Gasteiger partial charge in [0.1, 0.15) is 5.82 Å². The molecule has 0 radical (unpaired) electrons. The van der Waals surface area contributed by atoms with Crippen LogP contribution in [0.15, 0.2) is 29.3 Å². The zero-order chi connectivity index (χ0) is 14.9. The number of hydrogen-bond acceptors (Lipinski definition) is 4. The first kappa shape index (κ1) is 14.5. The number of anilines is 1. The Morgan fingerprint density at radius 2 is 2.15 bits per heavy atom. The molecule has 0 spiro atoms. The number of nitrogens with zero attached hydrogens (tertiary/aromatic N) is 2. The Labute approximate surface area is 116 Å². The zero-order valence-corrected chi connectivity index (χ0v) is 11.9. The molecular formula is C12H15FN4O2S. The molecule has 6 nitrogen and oxygen atoms in total. The summed E-state index contributed by atoms with van der Waals surface area (Å²) in [6, 6.07) is 3.38. The van der Waals surface area contributed by atoms with E-state index in [1.807, 2.05) is 0 Å². The smallest absolute Gasteiger partial charge is 0.240 e. The first-order valence-electron chi connectivity index (χ1n) is 5.83. The highest BCUT2D eigenvalue weighted by Gasteiger charge is 2.16. The van der Waals surface area contributed by atoms with Gasteiger partial charge in [-0.1, -0.05) is 0 Å². The summed E-state index contributed by atoms with van der Waals surface area (Å²) in [6.07, 6.45) is 1.72. The van der Waals surface area contributed by atoms with E-state index >= 15 is 0 Å². The molecule has 1 heterocycles. The molecule has 0 bridgehead atoms. The van der Waals surface area contributed by atoms with Crippen LogP contribution in [0.25, 0.3) is 0 Å². The van der Waals surface area contributed by atoms with Crippen LogP contribution in [0, 0.1) is 12.7 Å². The van der Waals surface area contributed by atoms with Crippen molar-refractivity contribution < 1.29 is 12.8 Å². The third-order valence-corrected chi connectivity index (χ3v) is 4.25. The van der Waals surface area contributed by atoms with Crippen LogP contribution < -0.4 is 10.5 Å². The van der Waals surface area contributed by atoms with E-state index in [0.717, 1.165) is 17.3 Å². The van der Waals surface area contributed by atoms with E-state index in [2.05, 4.69) is 9.82 Å². The van der Waals surface area contributed by atoms with E-state index in [9.17, 15) is 12.8 Å². The van der Waals surface area contributed by atoms with E-state index in [0.29, 0.717) is 0 Å². The minimum Gasteiger partial charge on any atom is -0.396 e. The lowest BCUT2D eigenvalue weighted by molar-refractivity contribution is 0.577. The molecule has 20 heavy (non-hydrogen) atoms. The van der Waals surface area contributed by atoms with Crippen molar-refractivity contribution in [2.75, 3.05) is 5.73 Å². The summed E-state index contributed by atoms with van der Waals surface area (Å²) in [5, 5.41) is 4.12. The fourth-order valence-corrected chi connectivity index (χ4v) is 2.77. The van der Waals surface area contributed by atoms with E-state index in [-0.39, 0.29) is 17.1 Å². The van der Waals surface area contributed by atoms with Crippen molar-refractivity contribution >= 4 is 15.7 Å². The molecule has 0 aliphatic carbocycles. The number of hydrogen-bond donors (Lipinski definition) is 2. The van der Waals surface area contributed by atoms with E-state index in [1.165, 1.54) is 12.1 Å². The van der Waals surface area contributed by atoms with Gasteiger partial charge >= 0.3 is 0 Å². The molecule has 3 N–H and O–H groups in total. The van der Waals surface area contributed by atoms with Crippen LogP contribution in [0.1, 0.15) is 11.3 Å². The lowest BCUT2D eigenvalue weighted by atomic mass is 10.3. The predicted octanol–water partition coefficient (Wildman–Crippen LogP) is 0.928. The molecule has 0 aliphatic rings. The van der Waals surface area contributed by atoms with Crippen molar-refractivity contribution in [2.24, 2.45) is 7.05 Å².